The van der Waals surface area contributed by atoms with Crippen LogP contribution in [-0.4, -0.2) is 60.6 Å². The lowest BCUT2D eigenvalue weighted by molar-refractivity contribution is -0.133. The van der Waals surface area contributed by atoms with Crippen molar-refractivity contribution in [2.24, 2.45) is 0 Å². The SMILES string of the molecule is C#Cc1ccc(N2CCN(C(=O)CCS(=O)(=O)c3cccc4ncsc34)[C@@H](C)C2)cn1. The van der Waals surface area contributed by atoms with E-state index in [4.69, 9.17) is 6.42 Å². The van der Waals surface area contributed by atoms with Crippen molar-refractivity contribution in [2.75, 3.05) is 30.3 Å². The largest absolute Gasteiger partial charge is 0.366 e. The molecule has 31 heavy (non-hydrogen) atoms. The Balaban J connectivity index is 1.39. The summed E-state index contributed by atoms with van der Waals surface area (Å²) >= 11 is 1.30. The zero-order valence-corrected chi connectivity index (χ0v) is 18.7. The Labute approximate surface area is 185 Å². The molecule has 1 aliphatic rings. The molecule has 3 aromatic rings. The Bertz CT molecular complexity index is 1250. The molecule has 3 heterocycles. The maximum atomic E-state index is 12.9. The summed E-state index contributed by atoms with van der Waals surface area (Å²) < 4.78 is 26.4. The fourth-order valence-corrected chi connectivity index (χ4v) is 6.36. The van der Waals surface area contributed by atoms with Gasteiger partial charge in [-0.2, -0.15) is 0 Å². The van der Waals surface area contributed by atoms with Crippen LogP contribution in [-0.2, 0) is 14.6 Å². The third-order valence-electron chi connectivity index (χ3n) is 5.45. The number of hydrogen-bond acceptors (Lipinski definition) is 7. The van der Waals surface area contributed by atoms with Gasteiger partial charge in [0.25, 0.3) is 0 Å². The fourth-order valence-electron chi connectivity index (χ4n) is 3.80. The van der Waals surface area contributed by atoms with Gasteiger partial charge in [-0.3, -0.25) is 4.79 Å². The fraction of sp³-hybridized carbons (Fsp3) is 0.318. The third-order valence-corrected chi connectivity index (χ3v) is 8.21. The predicted molar refractivity (Wildman–Crippen MR) is 122 cm³/mol. The van der Waals surface area contributed by atoms with Crippen LogP contribution in [0.5, 0.6) is 0 Å². The summed E-state index contributed by atoms with van der Waals surface area (Å²) in [6.45, 7) is 3.80. The number of nitrogens with zero attached hydrogens (tertiary/aromatic N) is 4. The van der Waals surface area contributed by atoms with Gasteiger partial charge in [-0.05, 0) is 31.2 Å². The van der Waals surface area contributed by atoms with E-state index in [1.165, 1.54) is 11.3 Å². The first-order valence-electron chi connectivity index (χ1n) is 9.91. The van der Waals surface area contributed by atoms with Crippen molar-refractivity contribution in [1.29, 1.82) is 0 Å². The second kappa shape index (κ2) is 8.65. The first-order valence-corrected chi connectivity index (χ1v) is 12.4. The maximum absolute atomic E-state index is 12.9. The maximum Gasteiger partial charge on any atom is 0.223 e. The number of carbonyl (C=O) groups is 1. The Morgan fingerprint density at radius 2 is 2.10 bits per heavy atom. The van der Waals surface area contributed by atoms with E-state index >= 15 is 0 Å². The molecule has 160 valence electrons. The van der Waals surface area contributed by atoms with Crippen LogP contribution in [0.4, 0.5) is 5.69 Å². The molecule has 2 aromatic heterocycles. The van der Waals surface area contributed by atoms with Gasteiger partial charge < -0.3 is 9.80 Å². The number of pyridine rings is 1. The number of carbonyl (C=O) groups excluding carboxylic acids is 1. The summed E-state index contributed by atoms with van der Waals surface area (Å²) in [6.07, 6.45) is 7.05. The lowest BCUT2D eigenvalue weighted by Crippen LogP contribution is -2.54. The van der Waals surface area contributed by atoms with E-state index in [0.29, 0.717) is 35.5 Å². The van der Waals surface area contributed by atoms with Crippen LogP contribution >= 0.6 is 11.3 Å². The molecule has 4 rings (SSSR count). The number of terminal acetylenes is 1. The van der Waals surface area contributed by atoms with E-state index in [1.54, 1.807) is 40.9 Å². The van der Waals surface area contributed by atoms with Gasteiger partial charge in [0.15, 0.2) is 9.84 Å². The van der Waals surface area contributed by atoms with Crippen molar-refractivity contribution < 1.29 is 13.2 Å². The predicted octanol–water partition coefficient (Wildman–Crippen LogP) is 2.57. The van der Waals surface area contributed by atoms with Gasteiger partial charge in [-0.1, -0.05) is 12.0 Å². The zero-order chi connectivity index (χ0) is 22.0. The molecule has 0 spiro atoms. The van der Waals surface area contributed by atoms with Gasteiger partial charge in [0.1, 0.15) is 5.69 Å². The second-order valence-electron chi connectivity index (χ2n) is 7.45. The number of sulfone groups is 1. The van der Waals surface area contributed by atoms with Gasteiger partial charge in [0.05, 0.1) is 38.3 Å². The van der Waals surface area contributed by atoms with Crippen LogP contribution in [0.25, 0.3) is 10.2 Å². The van der Waals surface area contributed by atoms with Crippen LogP contribution in [0.2, 0.25) is 0 Å². The van der Waals surface area contributed by atoms with Crippen molar-refractivity contribution in [1.82, 2.24) is 14.9 Å². The van der Waals surface area contributed by atoms with Crippen LogP contribution < -0.4 is 4.90 Å². The Hall–Kier alpha value is -2.96. The monoisotopic (exact) mass is 454 g/mol. The summed E-state index contributed by atoms with van der Waals surface area (Å²) in [4.78, 5) is 25.4. The Morgan fingerprint density at radius 3 is 2.81 bits per heavy atom. The van der Waals surface area contributed by atoms with E-state index < -0.39 is 9.84 Å². The molecule has 0 N–H and O–H groups in total. The van der Waals surface area contributed by atoms with Gasteiger partial charge in [0.2, 0.25) is 5.91 Å². The molecule has 9 heteroatoms. The molecule has 0 bridgehead atoms. The first kappa shape index (κ1) is 21.3. The number of aromatic nitrogens is 2. The third kappa shape index (κ3) is 4.40. The first-order chi connectivity index (χ1) is 14.9. The van der Waals surface area contributed by atoms with Gasteiger partial charge in [-0.15, -0.1) is 17.8 Å². The molecular formula is C22H22N4O3S2. The average molecular weight is 455 g/mol. The summed E-state index contributed by atoms with van der Waals surface area (Å²) in [6, 6.07) is 8.74. The molecule has 1 aliphatic heterocycles. The molecular weight excluding hydrogens is 432 g/mol. The van der Waals surface area contributed by atoms with Crippen LogP contribution in [0.3, 0.4) is 0 Å². The van der Waals surface area contributed by atoms with Gasteiger partial charge in [0, 0.05) is 32.1 Å². The van der Waals surface area contributed by atoms with E-state index in [9.17, 15) is 13.2 Å². The molecule has 7 nitrogen and oxygen atoms in total. The number of thiazole rings is 1. The average Bonchev–Trinajstić information content (AvgIpc) is 3.26. The number of amides is 1. The molecule has 1 aromatic carbocycles. The van der Waals surface area contributed by atoms with Crippen molar-refractivity contribution in [3.05, 3.63) is 47.7 Å². The minimum atomic E-state index is -3.58. The molecule has 1 amide bonds. The second-order valence-corrected chi connectivity index (χ2v) is 10.4. The summed E-state index contributed by atoms with van der Waals surface area (Å²) in [5.41, 5.74) is 3.83. The van der Waals surface area contributed by atoms with E-state index in [-0.39, 0.29) is 29.0 Å². The molecule has 0 radical (unpaired) electrons. The van der Waals surface area contributed by atoms with Crippen LogP contribution in [0, 0.1) is 12.3 Å². The van der Waals surface area contributed by atoms with E-state index in [0.717, 1.165) is 5.69 Å². The molecule has 1 saturated heterocycles. The van der Waals surface area contributed by atoms with E-state index in [2.05, 4.69) is 20.8 Å². The molecule has 0 saturated carbocycles. The van der Waals surface area contributed by atoms with Crippen molar-refractivity contribution in [3.63, 3.8) is 0 Å². The quantitative estimate of drug-likeness (QED) is 0.551. The molecule has 0 unspecified atom stereocenters. The lowest BCUT2D eigenvalue weighted by Gasteiger charge is -2.41. The van der Waals surface area contributed by atoms with Gasteiger partial charge in [-0.25, -0.2) is 18.4 Å². The number of rotatable bonds is 5. The molecule has 1 fully saturated rings. The highest BCUT2D eigenvalue weighted by molar-refractivity contribution is 7.91. The minimum absolute atomic E-state index is 0.0406. The van der Waals surface area contributed by atoms with Crippen LogP contribution in [0.15, 0.2) is 46.9 Å². The highest BCUT2D eigenvalue weighted by atomic mass is 32.2. The minimum Gasteiger partial charge on any atom is -0.366 e. The Morgan fingerprint density at radius 1 is 1.26 bits per heavy atom. The summed E-state index contributed by atoms with van der Waals surface area (Å²) in [7, 11) is -3.58. The van der Waals surface area contributed by atoms with E-state index in [1.807, 2.05) is 13.0 Å². The highest BCUT2D eigenvalue weighted by Crippen LogP contribution is 2.27. The number of fused-ring (bicyclic) bond motifs is 1. The Kier molecular flexibility index (Phi) is 5.94. The zero-order valence-electron chi connectivity index (χ0n) is 17.1. The number of hydrogen-bond donors (Lipinski definition) is 0. The van der Waals surface area contributed by atoms with Gasteiger partial charge >= 0.3 is 0 Å². The standard InChI is InChI=1S/C22H22N4O3S2/c1-3-17-7-8-18(13-23-17)25-10-11-26(16(2)14-25)21(27)9-12-31(28,29)20-6-4-5-19-22(20)30-15-24-19/h1,4-8,13,15-16H,9-12,14H2,2H3/t16-/m0/s1. The lowest BCUT2D eigenvalue weighted by atomic mass is 10.1. The normalized spacial score (nSPS) is 17.0. The number of piperazine rings is 1. The van der Waals surface area contributed by atoms with Crippen molar-refractivity contribution in [3.8, 4) is 12.3 Å². The van der Waals surface area contributed by atoms with Crippen LogP contribution in [0.1, 0.15) is 19.0 Å². The highest BCUT2D eigenvalue weighted by Gasteiger charge is 2.29. The smallest absolute Gasteiger partial charge is 0.223 e. The van der Waals surface area contributed by atoms with Crippen molar-refractivity contribution >= 4 is 43.0 Å². The number of benzene rings is 1. The number of anilines is 1. The summed E-state index contributed by atoms with van der Waals surface area (Å²) in [5.74, 6) is 2.14. The topological polar surface area (TPSA) is 83.5 Å². The van der Waals surface area contributed by atoms with Crippen molar-refractivity contribution in [2.45, 2.75) is 24.3 Å². The molecule has 0 aliphatic carbocycles. The molecule has 1 atom stereocenters. The summed E-state index contributed by atoms with van der Waals surface area (Å²) in [5, 5.41) is 0.